The molecule has 5 heteroatoms. The summed E-state index contributed by atoms with van der Waals surface area (Å²) in [7, 11) is 0. The molecule has 0 unspecified atom stereocenters. The molecule has 1 aromatic heterocycles. The van der Waals surface area contributed by atoms with E-state index in [1.165, 1.54) is 6.08 Å². The molecule has 1 heterocycles. The fourth-order valence-corrected chi connectivity index (χ4v) is 2.70. The highest BCUT2D eigenvalue weighted by atomic mass is 32.1. The zero-order valence-electron chi connectivity index (χ0n) is 13.2. The highest BCUT2D eigenvalue weighted by molar-refractivity contribution is 7.10. The molecule has 0 fully saturated rings. The number of benzene rings is 2. The summed E-state index contributed by atoms with van der Waals surface area (Å²) in [4.78, 5) is 24.8. The van der Waals surface area contributed by atoms with E-state index in [-0.39, 0.29) is 5.91 Å². The van der Waals surface area contributed by atoms with Gasteiger partial charge >= 0.3 is 5.97 Å². The average molecular weight is 349 g/mol. The lowest BCUT2D eigenvalue weighted by molar-refractivity contribution is -0.128. The van der Waals surface area contributed by atoms with Crippen LogP contribution in [-0.2, 0) is 4.79 Å². The topological polar surface area (TPSA) is 55.4 Å². The lowest BCUT2D eigenvalue weighted by Crippen LogP contribution is -2.11. The minimum Gasteiger partial charge on any atom is -0.423 e. The number of hydrogen-bond acceptors (Lipinski definition) is 4. The monoisotopic (exact) mass is 349 g/mol. The van der Waals surface area contributed by atoms with E-state index in [0.29, 0.717) is 17.0 Å². The Morgan fingerprint density at radius 3 is 2.36 bits per heavy atom. The summed E-state index contributed by atoms with van der Waals surface area (Å²) in [6, 6.07) is 19.4. The van der Waals surface area contributed by atoms with Crippen LogP contribution in [0.25, 0.3) is 6.08 Å². The zero-order valence-corrected chi connectivity index (χ0v) is 14.0. The van der Waals surface area contributed by atoms with Gasteiger partial charge in [-0.3, -0.25) is 4.79 Å². The molecule has 1 amide bonds. The van der Waals surface area contributed by atoms with Gasteiger partial charge in [0.15, 0.2) is 0 Å². The predicted molar refractivity (Wildman–Crippen MR) is 99.8 cm³/mol. The van der Waals surface area contributed by atoms with Crippen molar-refractivity contribution in [3.05, 3.63) is 88.6 Å². The lowest BCUT2D eigenvalue weighted by atomic mass is 10.2. The number of nitrogens with one attached hydrogen (secondary N) is 1. The molecule has 2 aromatic carbocycles. The molecular formula is C20H15NO3S. The summed E-state index contributed by atoms with van der Waals surface area (Å²) in [6.07, 6.45) is 3.10. The van der Waals surface area contributed by atoms with Crippen molar-refractivity contribution in [3.8, 4) is 5.75 Å². The van der Waals surface area contributed by atoms with Gasteiger partial charge in [-0.05, 0) is 53.9 Å². The van der Waals surface area contributed by atoms with Crippen LogP contribution in [0.1, 0.15) is 15.2 Å². The smallest absolute Gasteiger partial charge is 0.336 e. The molecule has 3 aromatic rings. The fraction of sp³-hybridized carbons (Fsp3) is 0. The molecular weight excluding hydrogens is 334 g/mol. The standard InChI is InChI=1S/C20H15NO3S/c22-19(13-12-18-7-4-14-25-18)24-17-10-8-16(9-11-17)21-20(23)15-5-2-1-3-6-15/h1-14H,(H,21,23)/b13-12+. The maximum Gasteiger partial charge on any atom is 0.336 e. The van der Waals surface area contributed by atoms with Crippen molar-refractivity contribution in [2.24, 2.45) is 0 Å². The molecule has 25 heavy (non-hydrogen) atoms. The summed E-state index contributed by atoms with van der Waals surface area (Å²) in [5, 5.41) is 4.73. The SMILES string of the molecule is O=C(/C=C/c1cccs1)Oc1ccc(NC(=O)c2ccccc2)cc1. The Kier molecular flexibility index (Phi) is 5.39. The number of amides is 1. The molecule has 3 rings (SSSR count). The highest BCUT2D eigenvalue weighted by Gasteiger charge is 2.06. The molecule has 124 valence electrons. The number of carbonyl (C=O) groups excluding carboxylic acids is 2. The average Bonchev–Trinajstić information content (AvgIpc) is 3.16. The number of thiophene rings is 1. The fourth-order valence-electron chi connectivity index (χ4n) is 2.09. The van der Waals surface area contributed by atoms with Crippen molar-refractivity contribution >= 4 is 35.0 Å². The molecule has 0 radical (unpaired) electrons. The van der Waals surface area contributed by atoms with E-state index >= 15 is 0 Å². The van der Waals surface area contributed by atoms with E-state index in [0.717, 1.165) is 4.88 Å². The minimum atomic E-state index is -0.450. The van der Waals surface area contributed by atoms with Crippen LogP contribution in [0.3, 0.4) is 0 Å². The Hall–Kier alpha value is -3.18. The van der Waals surface area contributed by atoms with Crippen LogP contribution < -0.4 is 10.1 Å². The second kappa shape index (κ2) is 8.08. The van der Waals surface area contributed by atoms with Crippen molar-refractivity contribution < 1.29 is 14.3 Å². The molecule has 1 N–H and O–H groups in total. The summed E-state index contributed by atoms with van der Waals surface area (Å²) >= 11 is 1.54. The first-order valence-corrected chi connectivity index (χ1v) is 8.48. The van der Waals surface area contributed by atoms with Crippen LogP contribution in [0.15, 0.2) is 78.2 Å². The first-order valence-electron chi connectivity index (χ1n) is 7.60. The Bertz CT molecular complexity index is 869. The lowest BCUT2D eigenvalue weighted by Gasteiger charge is -2.06. The maximum absolute atomic E-state index is 12.1. The Balaban J connectivity index is 1.57. The number of esters is 1. The molecule has 0 spiro atoms. The number of carbonyl (C=O) groups is 2. The van der Waals surface area contributed by atoms with E-state index in [2.05, 4.69) is 5.32 Å². The number of hydrogen-bond donors (Lipinski definition) is 1. The van der Waals surface area contributed by atoms with E-state index in [1.807, 2.05) is 23.6 Å². The quantitative estimate of drug-likeness (QED) is 0.415. The van der Waals surface area contributed by atoms with Gasteiger partial charge in [-0.15, -0.1) is 11.3 Å². The van der Waals surface area contributed by atoms with Crippen molar-refractivity contribution in [2.45, 2.75) is 0 Å². The number of ether oxygens (including phenoxy) is 1. The van der Waals surface area contributed by atoms with Gasteiger partial charge in [0.2, 0.25) is 0 Å². The normalized spacial score (nSPS) is 10.6. The van der Waals surface area contributed by atoms with Gasteiger partial charge in [-0.1, -0.05) is 24.3 Å². The van der Waals surface area contributed by atoms with Gasteiger partial charge in [-0.2, -0.15) is 0 Å². The van der Waals surface area contributed by atoms with E-state index in [1.54, 1.807) is 65.9 Å². The number of anilines is 1. The maximum atomic E-state index is 12.1. The van der Waals surface area contributed by atoms with E-state index < -0.39 is 5.97 Å². The molecule has 4 nitrogen and oxygen atoms in total. The molecule has 0 atom stereocenters. The van der Waals surface area contributed by atoms with Crippen molar-refractivity contribution in [2.75, 3.05) is 5.32 Å². The van der Waals surface area contributed by atoms with Crippen LogP contribution >= 0.6 is 11.3 Å². The van der Waals surface area contributed by atoms with Crippen LogP contribution in [0.5, 0.6) is 5.75 Å². The van der Waals surface area contributed by atoms with Crippen molar-refractivity contribution in [3.63, 3.8) is 0 Å². The third-order valence-corrected chi connectivity index (χ3v) is 4.13. The summed E-state index contributed by atoms with van der Waals surface area (Å²) < 4.78 is 5.22. The van der Waals surface area contributed by atoms with Crippen LogP contribution in [0.2, 0.25) is 0 Å². The largest absolute Gasteiger partial charge is 0.423 e. The first-order chi connectivity index (χ1) is 12.2. The van der Waals surface area contributed by atoms with Gasteiger partial charge in [-0.25, -0.2) is 4.79 Å². The molecule has 0 aliphatic rings. The molecule has 0 bridgehead atoms. The van der Waals surface area contributed by atoms with Crippen molar-refractivity contribution in [1.82, 2.24) is 0 Å². The second-order valence-corrected chi connectivity index (χ2v) is 6.09. The summed E-state index contributed by atoms with van der Waals surface area (Å²) in [6.45, 7) is 0. The Morgan fingerprint density at radius 2 is 1.68 bits per heavy atom. The molecule has 0 saturated carbocycles. The van der Waals surface area contributed by atoms with Gasteiger partial charge < -0.3 is 10.1 Å². The molecule has 0 aliphatic carbocycles. The first kappa shape index (κ1) is 16.7. The summed E-state index contributed by atoms with van der Waals surface area (Å²) in [5.74, 6) is -0.225. The molecule has 0 saturated heterocycles. The predicted octanol–water partition coefficient (Wildman–Crippen LogP) is 4.62. The highest BCUT2D eigenvalue weighted by Crippen LogP contribution is 2.17. The van der Waals surface area contributed by atoms with Gasteiger partial charge in [0, 0.05) is 22.2 Å². The Morgan fingerprint density at radius 1 is 0.920 bits per heavy atom. The van der Waals surface area contributed by atoms with Gasteiger partial charge in [0.25, 0.3) is 5.91 Å². The van der Waals surface area contributed by atoms with E-state index in [9.17, 15) is 9.59 Å². The second-order valence-electron chi connectivity index (χ2n) is 5.11. The summed E-state index contributed by atoms with van der Waals surface area (Å²) in [5.41, 5.74) is 1.21. The van der Waals surface area contributed by atoms with Gasteiger partial charge in [0.05, 0.1) is 0 Å². The van der Waals surface area contributed by atoms with Gasteiger partial charge in [0.1, 0.15) is 5.75 Å². The molecule has 0 aliphatic heterocycles. The van der Waals surface area contributed by atoms with Crippen molar-refractivity contribution in [1.29, 1.82) is 0 Å². The Labute approximate surface area is 149 Å². The van der Waals surface area contributed by atoms with Crippen LogP contribution in [0, 0.1) is 0 Å². The number of rotatable bonds is 5. The zero-order chi connectivity index (χ0) is 17.5. The third kappa shape index (κ3) is 4.89. The van der Waals surface area contributed by atoms with Crippen LogP contribution in [-0.4, -0.2) is 11.9 Å². The van der Waals surface area contributed by atoms with Crippen LogP contribution in [0.4, 0.5) is 5.69 Å². The third-order valence-electron chi connectivity index (χ3n) is 3.29. The minimum absolute atomic E-state index is 0.191. The van der Waals surface area contributed by atoms with E-state index in [4.69, 9.17) is 4.74 Å².